The van der Waals surface area contributed by atoms with Gasteiger partial charge in [-0.25, -0.2) is 0 Å². The van der Waals surface area contributed by atoms with Crippen LogP contribution in [-0.4, -0.2) is 0 Å². The number of benzene rings is 9. The van der Waals surface area contributed by atoms with Gasteiger partial charge in [-0.3, -0.25) is 0 Å². The molecule has 0 aliphatic carbocycles. The van der Waals surface area contributed by atoms with Crippen LogP contribution < -0.4 is 0 Å². The highest BCUT2D eigenvalue weighted by Gasteiger charge is 2.20. The van der Waals surface area contributed by atoms with Crippen molar-refractivity contribution in [2.75, 3.05) is 0 Å². The van der Waals surface area contributed by atoms with Gasteiger partial charge in [0.15, 0.2) is 0 Å². The molecule has 0 N–H and O–H groups in total. The molecule has 0 saturated carbocycles. The number of hydrogen-bond donors (Lipinski definition) is 0. The molecule has 49 heavy (non-hydrogen) atoms. The molecule has 9 aromatic carbocycles. The Labute approximate surface area is 289 Å². The van der Waals surface area contributed by atoms with Crippen LogP contribution >= 0.6 is 11.3 Å². The predicted octanol–water partition coefficient (Wildman–Crippen LogP) is 14.2. The molecule has 0 bridgehead atoms. The first-order valence-corrected chi connectivity index (χ1v) is 17.7. The molecular formula is C48H30S. The van der Waals surface area contributed by atoms with Gasteiger partial charge in [0.2, 0.25) is 0 Å². The first kappa shape index (κ1) is 28.0. The second kappa shape index (κ2) is 11.3. The summed E-state index contributed by atoms with van der Waals surface area (Å²) in [6, 6.07) is 66.9. The lowest BCUT2D eigenvalue weighted by atomic mass is 9.84. The average molecular weight is 639 g/mol. The van der Waals surface area contributed by atoms with Crippen LogP contribution in [0.3, 0.4) is 0 Å². The highest BCUT2D eigenvalue weighted by atomic mass is 32.1. The summed E-state index contributed by atoms with van der Waals surface area (Å²) in [5, 5.41) is 10.3. The van der Waals surface area contributed by atoms with Crippen LogP contribution in [0.5, 0.6) is 0 Å². The molecule has 228 valence electrons. The molecule has 0 aliphatic heterocycles. The largest absolute Gasteiger partial charge is 0.135 e. The van der Waals surface area contributed by atoms with E-state index in [1.807, 2.05) is 11.3 Å². The van der Waals surface area contributed by atoms with Gasteiger partial charge in [0.25, 0.3) is 0 Å². The monoisotopic (exact) mass is 638 g/mol. The van der Waals surface area contributed by atoms with Gasteiger partial charge in [-0.1, -0.05) is 170 Å². The Kier molecular flexibility index (Phi) is 6.47. The van der Waals surface area contributed by atoms with Crippen LogP contribution in [-0.2, 0) is 0 Å². The molecule has 10 aromatic rings. The van der Waals surface area contributed by atoms with Crippen LogP contribution in [0.1, 0.15) is 0 Å². The van der Waals surface area contributed by atoms with E-state index in [0.717, 1.165) is 0 Å². The molecule has 0 atom stereocenters. The van der Waals surface area contributed by atoms with Crippen molar-refractivity contribution >= 4 is 63.8 Å². The minimum Gasteiger partial charge on any atom is -0.135 e. The number of thiophene rings is 1. The zero-order chi connectivity index (χ0) is 32.3. The van der Waals surface area contributed by atoms with Crippen molar-refractivity contribution in [1.29, 1.82) is 0 Å². The Morgan fingerprint density at radius 1 is 0.286 bits per heavy atom. The van der Waals surface area contributed by atoms with Crippen molar-refractivity contribution in [3.05, 3.63) is 182 Å². The molecule has 1 heteroatoms. The molecule has 0 amide bonds. The number of rotatable bonds is 4. The van der Waals surface area contributed by atoms with Crippen LogP contribution in [0.15, 0.2) is 182 Å². The molecule has 0 fully saturated rings. The molecule has 0 unspecified atom stereocenters. The third-order valence-electron chi connectivity index (χ3n) is 10.1. The summed E-state index contributed by atoms with van der Waals surface area (Å²) < 4.78 is 2.67. The molecule has 1 aromatic heterocycles. The fourth-order valence-electron chi connectivity index (χ4n) is 7.83. The highest BCUT2D eigenvalue weighted by Crippen LogP contribution is 2.48. The van der Waals surface area contributed by atoms with E-state index in [0.29, 0.717) is 0 Å². The second-order valence-electron chi connectivity index (χ2n) is 12.8. The fourth-order valence-corrected chi connectivity index (χ4v) is 9.05. The van der Waals surface area contributed by atoms with Gasteiger partial charge in [0, 0.05) is 25.7 Å². The van der Waals surface area contributed by atoms with Crippen LogP contribution in [0.25, 0.3) is 97.0 Å². The summed E-state index contributed by atoms with van der Waals surface area (Å²) in [7, 11) is 0. The van der Waals surface area contributed by atoms with Gasteiger partial charge in [0.1, 0.15) is 0 Å². The van der Waals surface area contributed by atoms with Crippen molar-refractivity contribution in [3.8, 4) is 44.5 Å². The van der Waals surface area contributed by atoms with Gasteiger partial charge >= 0.3 is 0 Å². The maximum absolute atomic E-state index is 2.42. The molecular weight excluding hydrogens is 609 g/mol. The number of fused-ring (bicyclic) bond motifs is 6. The summed E-state index contributed by atoms with van der Waals surface area (Å²) >= 11 is 1.90. The lowest BCUT2D eigenvalue weighted by molar-refractivity contribution is 1.62. The molecule has 10 rings (SSSR count). The zero-order valence-corrected chi connectivity index (χ0v) is 27.5. The Hall–Kier alpha value is -6.02. The van der Waals surface area contributed by atoms with Gasteiger partial charge in [-0.05, 0) is 83.4 Å². The first-order valence-electron chi connectivity index (χ1n) is 16.8. The molecule has 1 heterocycles. The molecule has 0 radical (unpaired) electrons. The summed E-state index contributed by atoms with van der Waals surface area (Å²) in [5.74, 6) is 0. The van der Waals surface area contributed by atoms with E-state index < -0.39 is 0 Å². The SMILES string of the molecule is c1ccc(-c2ccc3c(-c4ccc(-c5cccc6ccccc56)cc4)c4ccccc4c(-c4cccc5c4sc4ccccc45)c3c2)cc1. The summed E-state index contributed by atoms with van der Waals surface area (Å²) in [4.78, 5) is 0. The van der Waals surface area contributed by atoms with Crippen molar-refractivity contribution in [2.45, 2.75) is 0 Å². The van der Waals surface area contributed by atoms with E-state index in [9.17, 15) is 0 Å². The molecule has 0 spiro atoms. The van der Waals surface area contributed by atoms with Gasteiger partial charge < -0.3 is 0 Å². The quantitative estimate of drug-likeness (QED) is 0.168. The highest BCUT2D eigenvalue weighted by molar-refractivity contribution is 7.26. The first-order chi connectivity index (χ1) is 24.3. The van der Waals surface area contributed by atoms with Crippen molar-refractivity contribution in [1.82, 2.24) is 0 Å². The fraction of sp³-hybridized carbons (Fsp3) is 0. The summed E-state index contributed by atoms with van der Waals surface area (Å²) in [5.41, 5.74) is 10.0. The maximum Gasteiger partial charge on any atom is 0.0434 e. The topological polar surface area (TPSA) is 0 Å². The van der Waals surface area contributed by atoms with Crippen molar-refractivity contribution < 1.29 is 0 Å². The Balaban J connectivity index is 1.27. The van der Waals surface area contributed by atoms with Crippen LogP contribution in [0, 0.1) is 0 Å². The molecule has 0 saturated heterocycles. The van der Waals surface area contributed by atoms with Crippen molar-refractivity contribution in [3.63, 3.8) is 0 Å². The second-order valence-corrected chi connectivity index (χ2v) is 13.9. The van der Waals surface area contributed by atoms with E-state index >= 15 is 0 Å². The van der Waals surface area contributed by atoms with Crippen LogP contribution in [0.4, 0.5) is 0 Å². The Bertz CT molecular complexity index is 2850. The summed E-state index contributed by atoms with van der Waals surface area (Å²) in [6.07, 6.45) is 0. The van der Waals surface area contributed by atoms with Crippen molar-refractivity contribution in [2.24, 2.45) is 0 Å². The predicted molar refractivity (Wildman–Crippen MR) is 214 cm³/mol. The smallest absolute Gasteiger partial charge is 0.0434 e. The number of hydrogen-bond acceptors (Lipinski definition) is 1. The average Bonchev–Trinajstić information content (AvgIpc) is 3.56. The summed E-state index contributed by atoms with van der Waals surface area (Å²) in [6.45, 7) is 0. The van der Waals surface area contributed by atoms with E-state index in [-0.39, 0.29) is 0 Å². The normalized spacial score (nSPS) is 11.7. The third-order valence-corrected chi connectivity index (χ3v) is 11.3. The standard InChI is InChI=1S/C48H30S/c1-2-12-31(13-3-1)35-28-29-41-44(30-35)47(43-22-11-21-42-38-17-8-9-23-45(38)49-48(42)43)40-19-7-6-18-39(40)46(41)34-26-24-33(25-27-34)37-20-10-15-32-14-4-5-16-36(32)37/h1-30H. The van der Waals surface area contributed by atoms with E-state index in [4.69, 9.17) is 0 Å². The zero-order valence-electron chi connectivity index (χ0n) is 26.7. The lowest BCUT2D eigenvalue weighted by Crippen LogP contribution is -1.92. The maximum atomic E-state index is 2.42. The van der Waals surface area contributed by atoms with E-state index in [1.54, 1.807) is 0 Å². The van der Waals surface area contributed by atoms with Gasteiger partial charge in [-0.15, -0.1) is 11.3 Å². The lowest BCUT2D eigenvalue weighted by Gasteiger charge is -2.19. The molecule has 0 nitrogen and oxygen atoms in total. The minimum atomic E-state index is 1.23. The van der Waals surface area contributed by atoms with E-state index in [1.165, 1.54) is 97.0 Å². The molecule has 0 aliphatic rings. The Morgan fingerprint density at radius 2 is 0.857 bits per heavy atom. The third kappa shape index (κ3) is 4.51. The van der Waals surface area contributed by atoms with Gasteiger partial charge in [0.05, 0.1) is 0 Å². The van der Waals surface area contributed by atoms with Gasteiger partial charge in [-0.2, -0.15) is 0 Å². The van der Waals surface area contributed by atoms with E-state index in [2.05, 4.69) is 182 Å². The minimum absolute atomic E-state index is 1.23. The van der Waals surface area contributed by atoms with Crippen LogP contribution in [0.2, 0.25) is 0 Å². The Morgan fingerprint density at radius 3 is 1.69 bits per heavy atom.